The second-order valence-corrected chi connectivity index (χ2v) is 4.71. The first-order valence-electron chi connectivity index (χ1n) is 6.73. The zero-order valence-electron chi connectivity index (χ0n) is 11.3. The lowest BCUT2D eigenvalue weighted by molar-refractivity contribution is 0.0394. The predicted octanol–water partition coefficient (Wildman–Crippen LogP) is 1.44. The zero-order chi connectivity index (χ0) is 13.5. The van der Waals surface area contributed by atoms with Gasteiger partial charge in [-0.3, -0.25) is 0 Å². The predicted molar refractivity (Wildman–Crippen MR) is 74.0 cm³/mol. The Labute approximate surface area is 114 Å². The van der Waals surface area contributed by atoms with Gasteiger partial charge in [0.05, 0.1) is 18.3 Å². The number of anilines is 1. The first-order chi connectivity index (χ1) is 9.31. The molecule has 1 fully saturated rings. The van der Waals surface area contributed by atoms with Gasteiger partial charge in [0.15, 0.2) is 0 Å². The molecular formula is C14H20N4O. The van der Waals surface area contributed by atoms with Gasteiger partial charge in [0.1, 0.15) is 11.9 Å². The third-order valence-electron chi connectivity index (χ3n) is 3.31. The van der Waals surface area contributed by atoms with Gasteiger partial charge >= 0.3 is 0 Å². The molecule has 1 aliphatic heterocycles. The van der Waals surface area contributed by atoms with Crippen molar-refractivity contribution >= 4 is 5.82 Å². The van der Waals surface area contributed by atoms with Crippen LogP contribution in [0.2, 0.25) is 0 Å². The van der Waals surface area contributed by atoms with E-state index in [4.69, 9.17) is 10.00 Å². The van der Waals surface area contributed by atoms with E-state index in [0.717, 1.165) is 31.5 Å². The molecule has 0 radical (unpaired) electrons. The van der Waals surface area contributed by atoms with Gasteiger partial charge in [0.2, 0.25) is 0 Å². The highest BCUT2D eigenvalue weighted by Crippen LogP contribution is 2.14. The molecule has 1 saturated heterocycles. The van der Waals surface area contributed by atoms with Gasteiger partial charge in [-0.05, 0) is 44.5 Å². The maximum Gasteiger partial charge on any atom is 0.144 e. The fourth-order valence-corrected chi connectivity index (χ4v) is 2.19. The number of aryl methyl sites for hydroxylation is 1. The van der Waals surface area contributed by atoms with Crippen molar-refractivity contribution < 1.29 is 4.74 Å². The summed E-state index contributed by atoms with van der Waals surface area (Å²) in [5.41, 5.74) is 1.56. The van der Waals surface area contributed by atoms with Crippen molar-refractivity contribution in [3.05, 3.63) is 23.4 Å². The minimum atomic E-state index is 0.365. The van der Waals surface area contributed by atoms with E-state index in [1.165, 1.54) is 0 Å². The van der Waals surface area contributed by atoms with Crippen LogP contribution in [0.5, 0.6) is 0 Å². The maximum absolute atomic E-state index is 9.09. The number of piperidine rings is 1. The van der Waals surface area contributed by atoms with E-state index in [0.29, 0.717) is 30.6 Å². The number of hydrogen-bond donors (Lipinski definition) is 2. The van der Waals surface area contributed by atoms with Crippen LogP contribution in [-0.2, 0) is 4.74 Å². The quantitative estimate of drug-likeness (QED) is 0.784. The molecule has 0 atom stereocenters. The first kappa shape index (κ1) is 13.8. The molecule has 0 amide bonds. The van der Waals surface area contributed by atoms with E-state index in [2.05, 4.69) is 21.7 Å². The lowest BCUT2D eigenvalue weighted by Crippen LogP contribution is -2.33. The molecule has 2 heterocycles. The molecule has 1 aromatic rings. The van der Waals surface area contributed by atoms with Gasteiger partial charge in [-0.2, -0.15) is 5.26 Å². The van der Waals surface area contributed by atoms with Gasteiger partial charge in [-0.1, -0.05) is 0 Å². The van der Waals surface area contributed by atoms with Crippen LogP contribution in [0.1, 0.15) is 24.0 Å². The molecule has 0 aromatic carbocycles. The molecule has 0 aliphatic carbocycles. The second kappa shape index (κ2) is 7.07. The summed E-state index contributed by atoms with van der Waals surface area (Å²) >= 11 is 0. The Hall–Kier alpha value is -1.64. The van der Waals surface area contributed by atoms with Crippen LogP contribution < -0.4 is 10.6 Å². The second-order valence-electron chi connectivity index (χ2n) is 4.71. The molecule has 1 aromatic heterocycles. The van der Waals surface area contributed by atoms with Gasteiger partial charge in [0, 0.05) is 12.7 Å². The Bertz CT molecular complexity index is 449. The van der Waals surface area contributed by atoms with Crippen molar-refractivity contribution in [3.8, 4) is 6.07 Å². The first-order valence-corrected chi connectivity index (χ1v) is 6.73. The van der Waals surface area contributed by atoms with Gasteiger partial charge in [-0.25, -0.2) is 4.98 Å². The van der Waals surface area contributed by atoms with Crippen LogP contribution in [0.15, 0.2) is 12.3 Å². The van der Waals surface area contributed by atoms with Crippen molar-refractivity contribution in [2.24, 2.45) is 0 Å². The summed E-state index contributed by atoms with van der Waals surface area (Å²) in [6, 6.07) is 4.02. The lowest BCUT2D eigenvalue weighted by atomic mass is 10.1. The van der Waals surface area contributed by atoms with Crippen LogP contribution in [-0.4, -0.2) is 37.3 Å². The molecule has 0 unspecified atom stereocenters. The van der Waals surface area contributed by atoms with E-state index >= 15 is 0 Å². The minimum Gasteiger partial charge on any atom is -0.376 e. The maximum atomic E-state index is 9.09. The summed E-state index contributed by atoms with van der Waals surface area (Å²) in [4.78, 5) is 4.20. The van der Waals surface area contributed by atoms with Crippen LogP contribution in [0, 0.1) is 18.3 Å². The molecule has 0 bridgehead atoms. The van der Waals surface area contributed by atoms with Gasteiger partial charge in [0.25, 0.3) is 0 Å². The van der Waals surface area contributed by atoms with Crippen molar-refractivity contribution in [1.82, 2.24) is 10.3 Å². The standard InChI is InChI=1S/C14H20N4O/c1-11-2-7-17-14(13(11)10-15)18-8-9-19-12-3-5-16-6-4-12/h2,7,12,16H,3-6,8-9H2,1H3,(H,17,18). The fourth-order valence-electron chi connectivity index (χ4n) is 2.19. The molecule has 5 heteroatoms. The Morgan fingerprint density at radius 3 is 3.05 bits per heavy atom. The van der Waals surface area contributed by atoms with E-state index < -0.39 is 0 Å². The number of ether oxygens (including phenoxy) is 1. The van der Waals surface area contributed by atoms with E-state index in [9.17, 15) is 0 Å². The van der Waals surface area contributed by atoms with Crippen molar-refractivity contribution in [2.45, 2.75) is 25.9 Å². The Balaban J connectivity index is 1.76. The minimum absolute atomic E-state index is 0.365. The molecular weight excluding hydrogens is 240 g/mol. The molecule has 2 N–H and O–H groups in total. The molecule has 2 rings (SSSR count). The Morgan fingerprint density at radius 1 is 1.53 bits per heavy atom. The summed E-state index contributed by atoms with van der Waals surface area (Å²) in [6.45, 7) is 5.31. The SMILES string of the molecule is Cc1ccnc(NCCOC2CCNCC2)c1C#N. The third-order valence-corrected chi connectivity index (χ3v) is 3.31. The van der Waals surface area contributed by atoms with Gasteiger partial charge in [-0.15, -0.1) is 0 Å². The molecule has 19 heavy (non-hydrogen) atoms. The fraction of sp³-hybridized carbons (Fsp3) is 0.571. The normalized spacial score (nSPS) is 16.0. The molecule has 0 spiro atoms. The number of hydrogen-bond acceptors (Lipinski definition) is 5. The highest BCUT2D eigenvalue weighted by Gasteiger charge is 2.12. The Kier molecular flexibility index (Phi) is 5.13. The van der Waals surface area contributed by atoms with Crippen LogP contribution >= 0.6 is 0 Å². The topological polar surface area (TPSA) is 70.0 Å². The summed E-state index contributed by atoms with van der Waals surface area (Å²) in [5, 5.41) is 15.6. The molecule has 102 valence electrons. The monoisotopic (exact) mass is 260 g/mol. The highest BCUT2D eigenvalue weighted by molar-refractivity contribution is 5.55. The van der Waals surface area contributed by atoms with E-state index in [1.807, 2.05) is 13.0 Å². The third kappa shape index (κ3) is 3.91. The van der Waals surface area contributed by atoms with Crippen molar-refractivity contribution in [3.63, 3.8) is 0 Å². The number of nitrogens with one attached hydrogen (secondary N) is 2. The van der Waals surface area contributed by atoms with Crippen LogP contribution in [0.3, 0.4) is 0 Å². The average molecular weight is 260 g/mol. The number of aromatic nitrogens is 1. The summed E-state index contributed by atoms with van der Waals surface area (Å²) < 4.78 is 5.80. The molecule has 0 saturated carbocycles. The molecule has 5 nitrogen and oxygen atoms in total. The number of rotatable bonds is 5. The number of nitriles is 1. The van der Waals surface area contributed by atoms with E-state index in [-0.39, 0.29) is 0 Å². The summed E-state index contributed by atoms with van der Waals surface area (Å²) in [7, 11) is 0. The molecule has 1 aliphatic rings. The number of pyridine rings is 1. The van der Waals surface area contributed by atoms with Crippen molar-refractivity contribution in [2.75, 3.05) is 31.6 Å². The van der Waals surface area contributed by atoms with Crippen molar-refractivity contribution in [1.29, 1.82) is 5.26 Å². The zero-order valence-corrected chi connectivity index (χ0v) is 11.3. The summed E-state index contributed by atoms with van der Waals surface area (Å²) in [5.74, 6) is 0.649. The van der Waals surface area contributed by atoms with Gasteiger partial charge < -0.3 is 15.4 Å². The Morgan fingerprint density at radius 2 is 2.32 bits per heavy atom. The van der Waals surface area contributed by atoms with Crippen LogP contribution in [0.25, 0.3) is 0 Å². The largest absolute Gasteiger partial charge is 0.376 e. The highest BCUT2D eigenvalue weighted by atomic mass is 16.5. The summed E-state index contributed by atoms with van der Waals surface area (Å²) in [6.07, 6.45) is 4.23. The number of nitrogens with zero attached hydrogens (tertiary/aromatic N) is 2. The average Bonchev–Trinajstić information content (AvgIpc) is 2.45. The van der Waals surface area contributed by atoms with Crippen LogP contribution in [0.4, 0.5) is 5.82 Å². The lowest BCUT2D eigenvalue weighted by Gasteiger charge is -2.23. The van der Waals surface area contributed by atoms with E-state index in [1.54, 1.807) is 6.20 Å². The smallest absolute Gasteiger partial charge is 0.144 e.